The molecule has 0 radical (unpaired) electrons. The SMILES string of the molecule is O=C1c2ccccc2C(=O)c2c(NC3(C4CCCCC4)C=CC=CC3)ccc(O)c21. The molecule has 0 aromatic heterocycles. The number of phenols is 1. The molecule has 5 rings (SSSR count). The Labute approximate surface area is 176 Å². The van der Waals surface area contributed by atoms with Gasteiger partial charge in [-0.25, -0.2) is 0 Å². The van der Waals surface area contributed by atoms with Gasteiger partial charge in [0.2, 0.25) is 0 Å². The molecule has 0 bridgehead atoms. The number of anilines is 1. The summed E-state index contributed by atoms with van der Waals surface area (Å²) < 4.78 is 0. The first kappa shape index (κ1) is 18.9. The van der Waals surface area contributed by atoms with Crippen molar-refractivity contribution in [1.82, 2.24) is 0 Å². The van der Waals surface area contributed by atoms with Crippen LogP contribution in [0.1, 0.15) is 70.4 Å². The van der Waals surface area contributed by atoms with E-state index in [0.717, 1.165) is 19.3 Å². The molecule has 1 atom stereocenters. The summed E-state index contributed by atoms with van der Waals surface area (Å²) >= 11 is 0. The van der Waals surface area contributed by atoms with E-state index >= 15 is 0 Å². The van der Waals surface area contributed by atoms with Crippen molar-refractivity contribution in [2.75, 3.05) is 5.32 Å². The van der Waals surface area contributed by atoms with Crippen molar-refractivity contribution in [2.24, 2.45) is 5.92 Å². The maximum atomic E-state index is 13.4. The Kier molecular flexibility index (Phi) is 4.58. The van der Waals surface area contributed by atoms with Gasteiger partial charge in [0.1, 0.15) is 5.75 Å². The quantitative estimate of drug-likeness (QED) is 0.578. The van der Waals surface area contributed by atoms with E-state index in [1.165, 1.54) is 25.3 Å². The molecular weight excluding hydrogens is 374 g/mol. The van der Waals surface area contributed by atoms with Crippen molar-refractivity contribution in [2.45, 2.75) is 44.1 Å². The number of carbonyl (C=O) groups excluding carboxylic acids is 2. The maximum absolute atomic E-state index is 13.4. The van der Waals surface area contributed by atoms with Crippen LogP contribution in [0.15, 0.2) is 60.7 Å². The number of phenolic OH excluding ortho intramolecular Hbond substituents is 1. The van der Waals surface area contributed by atoms with Crippen molar-refractivity contribution >= 4 is 17.3 Å². The first-order chi connectivity index (χ1) is 14.6. The second-order valence-electron chi connectivity index (χ2n) is 8.58. The highest BCUT2D eigenvalue weighted by Gasteiger charge is 2.40. The molecule has 2 aromatic carbocycles. The third-order valence-corrected chi connectivity index (χ3v) is 6.85. The Hall–Kier alpha value is -3.14. The molecule has 4 heteroatoms. The van der Waals surface area contributed by atoms with Crippen LogP contribution in [-0.4, -0.2) is 22.2 Å². The number of hydrogen-bond acceptors (Lipinski definition) is 4. The van der Waals surface area contributed by atoms with Gasteiger partial charge in [-0.05, 0) is 37.3 Å². The minimum absolute atomic E-state index is 0.109. The van der Waals surface area contributed by atoms with Crippen molar-refractivity contribution in [3.8, 4) is 5.75 Å². The molecule has 3 aliphatic rings. The molecule has 1 unspecified atom stereocenters. The van der Waals surface area contributed by atoms with Crippen LogP contribution in [-0.2, 0) is 0 Å². The molecule has 0 heterocycles. The van der Waals surface area contributed by atoms with E-state index in [9.17, 15) is 14.7 Å². The summed E-state index contributed by atoms with van der Waals surface area (Å²) in [6.07, 6.45) is 15.3. The Balaban J connectivity index is 1.62. The predicted octanol–water partition coefficient (Wildman–Crippen LogP) is 5.41. The van der Waals surface area contributed by atoms with Crippen LogP contribution >= 0.6 is 0 Å². The van der Waals surface area contributed by atoms with Gasteiger partial charge >= 0.3 is 0 Å². The molecule has 0 spiro atoms. The Morgan fingerprint density at radius 1 is 0.867 bits per heavy atom. The Bertz CT molecular complexity index is 1090. The molecule has 1 fully saturated rings. The summed E-state index contributed by atoms with van der Waals surface area (Å²) in [5, 5.41) is 14.2. The Morgan fingerprint density at radius 2 is 1.57 bits per heavy atom. The van der Waals surface area contributed by atoms with E-state index < -0.39 is 0 Å². The van der Waals surface area contributed by atoms with Crippen LogP contribution in [0.2, 0.25) is 0 Å². The summed E-state index contributed by atoms with van der Waals surface area (Å²) in [6.45, 7) is 0. The summed E-state index contributed by atoms with van der Waals surface area (Å²) in [5.41, 5.74) is 1.48. The standard InChI is InChI=1S/C26H25NO3/c28-21-14-13-20(22-23(21)25(30)19-12-6-5-11-18(19)24(22)29)27-26(15-7-2-8-16-26)17-9-3-1-4-10-17/h2,5-8,11-15,17,27-28H,1,3-4,9-10,16H2. The number of benzene rings is 2. The monoisotopic (exact) mass is 399 g/mol. The third kappa shape index (κ3) is 2.90. The average molecular weight is 399 g/mol. The zero-order valence-corrected chi connectivity index (χ0v) is 16.9. The minimum Gasteiger partial charge on any atom is -0.507 e. The highest BCUT2D eigenvalue weighted by Crippen LogP contribution is 2.43. The molecule has 3 aliphatic carbocycles. The van der Waals surface area contributed by atoms with Crippen LogP contribution in [0.25, 0.3) is 0 Å². The molecule has 0 aliphatic heterocycles. The topological polar surface area (TPSA) is 66.4 Å². The lowest BCUT2D eigenvalue weighted by molar-refractivity contribution is 0.0977. The summed E-state index contributed by atoms with van der Waals surface area (Å²) in [7, 11) is 0. The fourth-order valence-electron chi connectivity index (χ4n) is 5.31. The van der Waals surface area contributed by atoms with Crippen molar-refractivity contribution in [3.05, 3.63) is 83.0 Å². The minimum atomic E-state index is -0.299. The molecule has 2 aromatic rings. The van der Waals surface area contributed by atoms with Gasteiger partial charge in [-0.2, -0.15) is 0 Å². The lowest BCUT2D eigenvalue weighted by atomic mass is 9.71. The zero-order chi connectivity index (χ0) is 20.7. The van der Waals surface area contributed by atoms with Gasteiger partial charge in [-0.1, -0.05) is 67.8 Å². The van der Waals surface area contributed by atoms with E-state index in [2.05, 4.69) is 29.6 Å². The van der Waals surface area contributed by atoms with Gasteiger partial charge in [-0.3, -0.25) is 9.59 Å². The maximum Gasteiger partial charge on any atom is 0.198 e. The van der Waals surface area contributed by atoms with Gasteiger partial charge in [0.05, 0.1) is 16.7 Å². The number of ketones is 2. The van der Waals surface area contributed by atoms with Crippen molar-refractivity contribution in [3.63, 3.8) is 0 Å². The second kappa shape index (κ2) is 7.28. The van der Waals surface area contributed by atoms with E-state index in [4.69, 9.17) is 0 Å². The van der Waals surface area contributed by atoms with Crippen LogP contribution in [0, 0.1) is 5.92 Å². The summed E-state index contributed by atoms with van der Waals surface area (Å²) in [5.74, 6) is -0.201. The summed E-state index contributed by atoms with van der Waals surface area (Å²) in [4.78, 5) is 26.5. The van der Waals surface area contributed by atoms with E-state index in [0.29, 0.717) is 22.7 Å². The van der Waals surface area contributed by atoms with E-state index in [1.54, 1.807) is 30.3 Å². The van der Waals surface area contributed by atoms with Crippen LogP contribution < -0.4 is 5.32 Å². The highest BCUT2D eigenvalue weighted by atomic mass is 16.3. The van der Waals surface area contributed by atoms with Crippen molar-refractivity contribution in [1.29, 1.82) is 0 Å². The van der Waals surface area contributed by atoms with Gasteiger partial charge in [0.15, 0.2) is 11.6 Å². The van der Waals surface area contributed by atoms with Crippen LogP contribution in [0.3, 0.4) is 0 Å². The molecule has 1 saturated carbocycles. The normalized spacial score (nSPS) is 23.2. The van der Waals surface area contributed by atoms with Gasteiger partial charge in [0.25, 0.3) is 0 Å². The van der Waals surface area contributed by atoms with Gasteiger partial charge < -0.3 is 10.4 Å². The fourth-order valence-corrected chi connectivity index (χ4v) is 5.31. The third-order valence-electron chi connectivity index (χ3n) is 6.85. The number of fused-ring (bicyclic) bond motifs is 2. The van der Waals surface area contributed by atoms with Gasteiger partial charge in [0, 0.05) is 16.8 Å². The van der Waals surface area contributed by atoms with Crippen molar-refractivity contribution < 1.29 is 14.7 Å². The summed E-state index contributed by atoms with van der Waals surface area (Å²) in [6, 6.07) is 10.1. The molecule has 30 heavy (non-hydrogen) atoms. The molecule has 4 nitrogen and oxygen atoms in total. The number of hydrogen-bond donors (Lipinski definition) is 2. The molecule has 0 amide bonds. The number of aromatic hydroxyl groups is 1. The lowest BCUT2D eigenvalue weighted by Gasteiger charge is -2.43. The fraction of sp³-hybridized carbons (Fsp3) is 0.308. The Morgan fingerprint density at radius 3 is 2.23 bits per heavy atom. The van der Waals surface area contributed by atoms with Crippen LogP contribution in [0.4, 0.5) is 5.69 Å². The smallest absolute Gasteiger partial charge is 0.198 e. The second-order valence-corrected chi connectivity index (χ2v) is 8.58. The first-order valence-electron chi connectivity index (χ1n) is 10.8. The lowest BCUT2D eigenvalue weighted by Crippen LogP contribution is -2.45. The number of rotatable bonds is 3. The van der Waals surface area contributed by atoms with Crippen LogP contribution in [0.5, 0.6) is 5.75 Å². The molecule has 152 valence electrons. The zero-order valence-electron chi connectivity index (χ0n) is 16.9. The molecule has 2 N–H and O–H groups in total. The highest BCUT2D eigenvalue weighted by molar-refractivity contribution is 6.31. The molecule has 0 saturated heterocycles. The van der Waals surface area contributed by atoms with Gasteiger partial charge in [-0.15, -0.1) is 0 Å². The number of allylic oxidation sites excluding steroid dienone is 2. The molecular formula is C26H25NO3. The first-order valence-corrected chi connectivity index (χ1v) is 10.8. The largest absolute Gasteiger partial charge is 0.507 e. The predicted molar refractivity (Wildman–Crippen MR) is 117 cm³/mol. The van der Waals surface area contributed by atoms with E-state index in [1.807, 2.05) is 0 Å². The van der Waals surface area contributed by atoms with E-state index in [-0.39, 0.29) is 34.0 Å². The number of nitrogens with one attached hydrogen (secondary N) is 1. The average Bonchev–Trinajstić information content (AvgIpc) is 2.80. The number of carbonyl (C=O) groups is 2.